The zero-order chi connectivity index (χ0) is 83.9. The number of ketones is 1. The summed E-state index contributed by atoms with van der Waals surface area (Å²) in [7, 11) is 28.2. The molecule has 16 unspecified atom stereocenters. The van der Waals surface area contributed by atoms with Crippen molar-refractivity contribution in [2.45, 2.75) is 341 Å². The van der Waals surface area contributed by atoms with Gasteiger partial charge < -0.3 is 71.5 Å². The summed E-state index contributed by atoms with van der Waals surface area (Å²) in [4.78, 5) is 159. The minimum absolute atomic E-state index is 0.00463. The zero-order valence-electron chi connectivity index (χ0n) is 71.6. The van der Waals surface area contributed by atoms with Crippen LogP contribution in [0.3, 0.4) is 0 Å². The van der Waals surface area contributed by atoms with Crippen LogP contribution in [0.1, 0.15) is 205 Å². The summed E-state index contributed by atoms with van der Waals surface area (Å²) in [5, 5.41) is 27.1. The third-order valence-electron chi connectivity index (χ3n) is 33.3. The Hall–Kier alpha value is -7.05. The van der Waals surface area contributed by atoms with Crippen molar-refractivity contribution >= 4 is 65.5 Å². The number of nitrogens with one attached hydrogen (secondary N) is 3. The van der Waals surface area contributed by atoms with Gasteiger partial charge >= 0.3 is 30.2 Å². The number of Topliss-reactive ketones (excluding diaryl/α,β-unsaturated/α-hetero) is 1. The fraction of sp³-hybridized carbons (Fsp3) is 0.843. The van der Waals surface area contributed by atoms with E-state index in [0.717, 1.165) is 167 Å². The Morgan fingerprint density at radius 3 is 0.716 bits per heavy atom. The molecule has 33 nitrogen and oxygen atoms in total. The molecule has 16 bridgehead atoms. The smallest absolute Gasteiger partial charge is 0.323 e. The fourth-order valence-electron chi connectivity index (χ4n) is 25.6. The molecule has 0 aromatic rings. The molecule has 0 saturated carbocycles. The second kappa shape index (κ2) is 31.5. The average molecular weight is 1610 g/mol. The highest BCUT2D eigenvalue weighted by atomic mass is 16.2. The number of amides is 15. The third-order valence-corrected chi connectivity index (χ3v) is 33.3. The predicted molar refractivity (Wildman–Crippen MR) is 430 cm³/mol. The molecule has 21 rings (SSSR count). The number of hydrogen-bond acceptors (Lipinski definition) is 23. The highest BCUT2D eigenvalue weighted by Gasteiger charge is 2.65. The number of carbonyl (C=O) groups excluding carboxylic acids is 11. The lowest BCUT2D eigenvalue weighted by Crippen LogP contribution is -2.58. The molecule has 16 atom stereocenters. The number of likely N-dealkylation sites (N-methyl/N-ethyl adjacent to an activating group) is 8. The molecule has 21 aliphatic rings. The first kappa shape index (κ1) is 85.4. The Bertz CT molecular complexity index is 3690. The molecular formula is C83H132N22O11. The third kappa shape index (κ3) is 14.6. The van der Waals surface area contributed by atoms with Gasteiger partial charge in [-0.1, -0.05) is 0 Å². The van der Waals surface area contributed by atoms with Gasteiger partial charge in [-0.2, -0.15) is 10.5 Å². The molecule has 21 saturated heterocycles. The van der Waals surface area contributed by atoms with E-state index in [0.29, 0.717) is 102 Å². The molecule has 0 radical (unpaired) electrons. The molecule has 33 heteroatoms. The van der Waals surface area contributed by atoms with Crippen molar-refractivity contribution in [3.05, 3.63) is 0 Å². The number of urea groups is 5. The van der Waals surface area contributed by atoms with E-state index in [2.05, 4.69) is 112 Å². The van der Waals surface area contributed by atoms with Crippen molar-refractivity contribution in [2.24, 2.45) is 11.5 Å². The lowest BCUT2D eigenvalue weighted by Gasteiger charge is -2.44. The summed E-state index contributed by atoms with van der Waals surface area (Å²) in [5.41, 5.74) is 8.01. The Kier molecular flexibility index (Phi) is 23.2. The molecular weight excluding hydrogens is 1480 g/mol. The van der Waals surface area contributed by atoms with Gasteiger partial charge in [-0.05, 0) is 242 Å². The molecule has 116 heavy (non-hydrogen) atoms. The minimum atomic E-state index is -0.593. The fourth-order valence-corrected chi connectivity index (χ4v) is 25.6. The van der Waals surface area contributed by atoms with Crippen LogP contribution in [0.5, 0.6) is 0 Å². The second-order valence-corrected chi connectivity index (χ2v) is 39.3. The van der Waals surface area contributed by atoms with Gasteiger partial charge in [-0.15, -0.1) is 0 Å². The van der Waals surface area contributed by atoms with Crippen molar-refractivity contribution in [3.63, 3.8) is 0 Å². The summed E-state index contributed by atoms with van der Waals surface area (Å²) < 4.78 is 0. The summed E-state index contributed by atoms with van der Waals surface area (Å²) in [6.45, 7) is 0. The first-order chi connectivity index (χ1) is 54.6. The lowest BCUT2D eigenvalue weighted by molar-refractivity contribution is -0.136. The van der Waals surface area contributed by atoms with Gasteiger partial charge in [0.05, 0.1) is 12.1 Å². The van der Waals surface area contributed by atoms with E-state index in [9.17, 15) is 52.7 Å². The van der Waals surface area contributed by atoms with Crippen LogP contribution in [0.15, 0.2) is 0 Å². The Morgan fingerprint density at radius 1 is 0.284 bits per heavy atom. The molecule has 0 aromatic carbocycles. The topological polar surface area (TPSA) is 372 Å². The van der Waals surface area contributed by atoms with E-state index in [-0.39, 0.29) is 59.7 Å². The van der Waals surface area contributed by atoms with Crippen LogP contribution in [0, 0.1) is 22.7 Å². The number of nitrogens with zero attached hydrogens (tertiary/aromatic N) is 17. The van der Waals surface area contributed by atoms with E-state index in [1.54, 1.807) is 71.1 Å². The molecule has 7 N–H and O–H groups in total. The van der Waals surface area contributed by atoms with E-state index in [1.165, 1.54) is 63.0 Å². The van der Waals surface area contributed by atoms with Gasteiger partial charge in [-0.25, -0.2) is 24.0 Å². The number of carbonyl (C=O) groups is 11. The maximum absolute atomic E-state index is 12.4. The molecule has 640 valence electrons. The van der Waals surface area contributed by atoms with Crippen LogP contribution in [-0.4, -0.2) is 380 Å². The van der Waals surface area contributed by atoms with Gasteiger partial charge in [0.25, 0.3) is 29.5 Å². The first-order valence-corrected chi connectivity index (χ1v) is 43.2. The Balaban J connectivity index is 0.000000110. The van der Waals surface area contributed by atoms with Crippen LogP contribution < -0.4 is 27.4 Å². The standard InChI is InChI=1S/2C12H19N3O2.3C11H17N3O2.2C9H15N3.C8H13NO/c2*1-13-8-4-5-9(13)7-12(6-8)10(16)14(2)11(17)15(12)3;2*1-13-7-3-4-8(13)6-11(5-7)9(15)14(2)10(16)12-11;1-13-9(15)11(14(2)10(13)16)5-7-3-4-8(6-11)12-7;2*1-12-7-2-3-8(12)5-9(11,4-7)6-10;1-9-6-2-3-7(9)5-8(10)4-6/h2*8-9H,4-7H2,1-3H3;2*7-8H,3-6H2,1-2H3,(H,12,16);7-8,12H,3-6H2,1-2H3;2*7-8H,2-5,11H2,1H3;6-7H,2-5H2,1H3. The number of imide groups is 5. The SMILES string of the molecule is CN1C(=O)N(C)C2(CC3CCC(C2)N3)C1=O.CN1C(=O)N(C)C2(CC3CCC(C2)N3C)C1=O.CN1C(=O)N(C)C2(CC3CCC(C2)N3C)C1=O.CN1C(=O)NC2(CC3CCC(C2)N3C)C1=O.CN1C(=O)NC2(CC3CCC(C2)N3C)C1=O.CN1C2CCC1CC(=O)C2.CN1C2CCC1CC(N)(C#N)C2.CN1C2CCC1CC(N)(C#N)C2. The quantitative estimate of drug-likeness (QED) is 0.217. The number of nitriles is 2. The highest BCUT2D eigenvalue weighted by molar-refractivity contribution is 6.09. The molecule has 21 heterocycles. The summed E-state index contributed by atoms with van der Waals surface area (Å²) >= 11 is 0. The number of nitrogens with two attached hydrogens (primary N) is 2. The van der Waals surface area contributed by atoms with Crippen LogP contribution in [0.4, 0.5) is 24.0 Å². The van der Waals surface area contributed by atoms with Crippen molar-refractivity contribution < 1.29 is 52.7 Å². The summed E-state index contributed by atoms with van der Waals surface area (Å²) in [6.07, 6.45) is 31.7. The van der Waals surface area contributed by atoms with E-state index in [4.69, 9.17) is 22.0 Å². The van der Waals surface area contributed by atoms with Gasteiger partial charge in [0.15, 0.2) is 0 Å². The van der Waals surface area contributed by atoms with E-state index in [1.807, 2.05) is 0 Å². The number of fused-ring (bicyclic) bond motifs is 16. The molecule has 21 aliphatic heterocycles. The molecule has 0 aromatic heterocycles. The summed E-state index contributed by atoms with van der Waals surface area (Å²) in [5.74, 6) is 0.374. The monoisotopic (exact) mass is 1610 g/mol. The normalized spacial score (nSPS) is 43.5. The maximum Gasteiger partial charge on any atom is 0.327 e. The zero-order valence-corrected chi connectivity index (χ0v) is 71.6. The highest BCUT2D eigenvalue weighted by Crippen LogP contribution is 2.50. The van der Waals surface area contributed by atoms with E-state index >= 15 is 0 Å². The molecule has 5 spiro atoms. The van der Waals surface area contributed by atoms with Gasteiger partial charge in [-0.3, -0.25) is 58.2 Å². The van der Waals surface area contributed by atoms with Crippen LogP contribution >= 0.6 is 0 Å². The minimum Gasteiger partial charge on any atom is -0.323 e. The predicted octanol–water partition coefficient (Wildman–Crippen LogP) is 3.24. The van der Waals surface area contributed by atoms with Gasteiger partial charge in [0.1, 0.15) is 44.6 Å². The summed E-state index contributed by atoms with van der Waals surface area (Å²) in [6, 6.07) is 11.4. The number of piperidine rings is 8. The average Bonchev–Trinajstić information content (AvgIpc) is 1.58. The molecule has 15 amide bonds. The van der Waals surface area contributed by atoms with Gasteiger partial charge in [0.2, 0.25) is 0 Å². The maximum atomic E-state index is 12.4. The number of rotatable bonds is 0. The van der Waals surface area contributed by atoms with Crippen molar-refractivity contribution in [3.8, 4) is 12.1 Å². The Morgan fingerprint density at radius 2 is 0.500 bits per heavy atom. The van der Waals surface area contributed by atoms with Gasteiger partial charge in [0, 0.05) is 166 Å². The second-order valence-electron chi connectivity index (χ2n) is 39.3. The Labute approximate surface area is 685 Å². The molecule has 21 fully saturated rings. The molecule has 0 aliphatic carbocycles. The van der Waals surface area contributed by atoms with E-state index < -0.39 is 38.8 Å². The van der Waals surface area contributed by atoms with Crippen LogP contribution in [-0.2, 0) is 28.8 Å². The van der Waals surface area contributed by atoms with Crippen LogP contribution in [0.25, 0.3) is 0 Å². The lowest BCUT2D eigenvalue weighted by atomic mass is 9.82. The van der Waals surface area contributed by atoms with Crippen molar-refractivity contribution in [2.75, 3.05) is 106 Å². The van der Waals surface area contributed by atoms with Crippen molar-refractivity contribution in [1.29, 1.82) is 10.5 Å². The van der Waals surface area contributed by atoms with Crippen LogP contribution in [0.2, 0.25) is 0 Å². The largest absolute Gasteiger partial charge is 0.327 e. The number of hydrogen-bond donors (Lipinski definition) is 5. The van der Waals surface area contributed by atoms with Crippen molar-refractivity contribution in [1.82, 2.24) is 89.4 Å². The first-order valence-electron chi connectivity index (χ1n) is 43.2.